The van der Waals surface area contributed by atoms with Crippen LogP contribution in [0.2, 0.25) is 0 Å². The minimum atomic E-state index is 0. The number of rotatable bonds is 0. The standard InChI is InChI=1S/C8H10.K/c1-7-4-3-5-8(2)6-7;/h3-6H,1-2H3;/q;+1. The Balaban J connectivity index is 0.000000640. The zero-order chi connectivity index (χ0) is 5.98. The molecule has 0 aromatic heterocycles. The molecule has 0 aliphatic carbocycles. The Kier molecular flexibility index (Phi) is 5.08. The van der Waals surface area contributed by atoms with Crippen molar-refractivity contribution in [3.05, 3.63) is 35.4 Å². The molecule has 0 fully saturated rings. The summed E-state index contributed by atoms with van der Waals surface area (Å²) in [5.74, 6) is 0. The van der Waals surface area contributed by atoms with E-state index in [-0.39, 0.29) is 51.4 Å². The van der Waals surface area contributed by atoms with E-state index in [1.165, 1.54) is 11.1 Å². The van der Waals surface area contributed by atoms with E-state index in [1.807, 2.05) is 0 Å². The second kappa shape index (κ2) is 4.64. The molecule has 9 heavy (non-hydrogen) atoms. The van der Waals surface area contributed by atoms with Crippen LogP contribution in [0.3, 0.4) is 0 Å². The maximum Gasteiger partial charge on any atom is 1.00 e. The van der Waals surface area contributed by atoms with E-state index in [1.54, 1.807) is 0 Å². The molecule has 1 aromatic rings. The van der Waals surface area contributed by atoms with Crippen molar-refractivity contribution < 1.29 is 51.4 Å². The quantitative estimate of drug-likeness (QED) is 0.424. The molecule has 0 amide bonds. The molecule has 0 aliphatic rings. The van der Waals surface area contributed by atoms with E-state index in [4.69, 9.17) is 0 Å². The third-order valence-corrected chi connectivity index (χ3v) is 1.17. The molecule has 0 aliphatic heterocycles. The van der Waals surface area contributed by atoms with Crippen molar-refractivity contribution in [3.63, 3.8) is 0 Å². The predicted molar refractivity (Wildman–Crippen MR) is 35.9 cm³/mol. The fraction of sp³-hybridized carbons (Fsp3) is 0.250. The second-order valence-electron chi connectivity index (χ2n) is 2.16. The summed E-state index contributed by atoms with van der Waals surface area (Å²) in [7, 11) is 0. The van der Waals surface area contributed by atoms with Crippen molar-refractivity contribution in [2.45, 2.75) is 13.8 Å². The largest absolute Gasteiger partial charge is 1.00 e. The van der Waals surface area contributed by atoms with Crippen LogP contribution in [-0.4, -0.2) is 0 Å². The molecule has 0 saturated heterocycles. The summed E-state index contributed by atoms with van der Waals surface area (Å²) in [5.41, 5.74) is 2.68. The molecule has 0 bridgehead atoms. The van der Waals surface area contributed by atoms with Crippen molar-refractivity contribution in [2.24, 2.45) is 0 Å². The molecule has 0 nitrogen and oxygen atoms in total. The van der Waals surface area contributed by atoms with Gasteiger partial charge in [0.15, 0.2) is 0 Å². The van der Waals surface area contributed by atoms with Crippen molar-refractivity contribution >= 4 is 0 Å². The Hall–Kier alpha value is 0.856. The van der Waals surface area contributed by atoms with Crippen LogP contribution >= 0.6 is 0 Å². The van der Waals surface area contributed by atoms with Crippen LogP contribution in [0.15, 0.2) is 24.3 Å². The maximum atomic E-state index is 2.17. The van der Waals surface area contributed by atoms with Gasteiger partial charge in [0.2, 0.25) is 0 Å². The van der Waals surface area contributed by atoms with Gasteiger partial charge in [-0.05, 0) is 13.8 Å². The summed E-state index contributed by atoms with van der Waals surface area (Å²) in [6.45, 7) is 4.21. The summed E-state index contributed by atoms with van der Waals surface area (Å²) in [6, 6.07) is 8.45. The van der Waals surface area contributed by atoms with Gasteiger partial charge in [-0.25, -0.2) is 0 Å². The van der Waals surface area contributed by atoms with Crippen LogP contribution in [0.5, 0.6) is 0 Å². The van der Waals surface area contributed by atoms with Crippen molar-refractivity contribution in [1.29, 1.82) is 0 Å². The molecule has 0 spiro atoms. The van der Waals surface area contributed by atoms with E-state index >= 15 is 0 Å². The molecular weight excluding hydrogens is 135 g/mol. The molecule has 0 N–H and O–H groups in total. The van der Waals surface area contributed by atoms with Gasteiger partial charge in [-0.1, -0.05) is 35.4 Å². The third-order valence-electron chi connectivity index (χ3n) is 1.17. The topological polar surface area (TPSA) is 0 Å². The minimum Gasteiger partial charge on any atom is -0.0617 e. The predicted octanol–water partition coefficient (Wildman–Crippen LogP) is -0.693. The van der Waals surface area contributed by atoms with Gasteiger partial charge in [-0.15, -0.1) is 0 Å². The van der Waals surface area contributed by atoms with E-state index in [9.17, 15) is 0 Å². The van der Waals surface area contributed by atoms with Gasteiger partial charge in [0.05, 0.1) is 0 Å². The number of aryl methyl sites for hydroxylation is 2. The molecule has 1 aromatic carbocycles. The fourth-order valence-corrected chi connectivity index (χ4v) is 0.807. The molecule has 42 valence electrons. The fourth-order valence-electron chi connectivity index (χ4n) is 0.807. The van der Waals surface area contributed by atoms with E-state index in [0.29, 0.717) is 0 Å². The normalized spacial score (nSPS) is 8.22. The SMILES string of the molecule is Cc1cccc(C)c1.[K+]. The van der Waals surface area contributed by atoms with Gasteiger partial charge in [-0.2, -0.15) is 0 Å². The van der Waals surface area contributed by atoms with Crippen LogP contribution in [0, 0.1) is 13.8 Å². The van der Waals surface area contributed by atoms with Gasteiger partial charge < -0.3 is 0 Å². The molecular formula is C8H10K+. The van der Waals surface area contributed by atoms with Crippen LogP contribution in [-0.2, 0) is 0 Å². The van der Waals surface area contributed by atoms with Crippen molar-refractivity contribution in [3.8, 4) is 0 Å². The maximum absolute atomic E-state index is 2.17. The summed E-state index contributed by atoms with van der Waals surface area (Å²) < 4.78 is 0. The molecule has 1 heteroatoms. The van der Waals surface area contributed by atoms with E-state index < -0.39 is 0 Å². The minimum absolute atomic E-state index is 0. The average molecular weight is 145 g/mol. The average Bonchev–Trinajstić information content (AvgIpc) is 1.64. The van der Waals surface area contributed by atoms with Gasteiger partial charge >= 0.3 is 51.4 Å². The van der Waals surface area contributed by atoms with Crippen LogP contribution in [0.4, 0.5) is 0 Å². The third kappa shape index (κ3) is 3.53. The van der Waals surface area contributed by atoms with Gasteiger partial charge in [0.1, 0.15) is 0 Å². The Labute approximate surface area is 99.1 Å². The number of benzene rings is 1. The van der Waals surface area contributed by atoms with Crippen LogP contribution in [0.1, 0.15) is 11.1 Å². The van der Waals surface area contributed by atoms with E-state index in [0.717, 1.165) is 0 Å². The monoisotopic (exact) mass is 145 g/mol. The zero-order valence-corrected chi connectivity index (χ0v) is 9.43. The Morgan fingerprint density at radius 3 is 1.67 bits per heavy atom. The summed E-state index contributed by atoms with van der Waals surface area (Å²) in [6.07, 6.45) is 0. The molecule has 0 unspecified atom stereocenters. The Bertz CT molecular complexity index is 164. The molecule has 0 heterocycles. The van der Waals surface area contributed by atoms with Crippen LogP contribution < -0.4 is 51.4 Å². The van der Waals surface area contributed by atoms with E-state index in [2.05, 4.69) is 38.1 Å². The zero-order valence-electron chi connectivity index (χ0n) is 6.31. The first-order chi connectivity index (χ1) is 3.79. The molecule has 1 rings (SSSR count). The first-order valence-corrected chi connectivity index (χ1v) is 2.82. The van der Waals surface area contributed by atoms with Crippen molar-refractivity contribution in [1.82, 2.24) is 0 Å². The smallest absolute Gasteiger partial charge is 0.0617 e. The first-order valence-electron chi connectivity index (χ1n) is 2.82. The summed E-state index contributed by atoms with van der Waals surface area (Å²) >= 11 is 0. The summed E-state index contributed by atoms with van der Waals surface area (Å²) in [5, 5.41) is 0. The number of hydrogen-bond donors (Lipinski definition) is 0. The molecule has 0 atom stereocenters. The Morgan fingerprint density at radius 1 is 1.00 bits per heavy atom. The van der Waals surface area contributed by atoms with Crippen LogP contribution in [0.25, 0.3) is 0 Å². The molecule has 0 radical (unpaired) electrons. The second-order valence-corrected chi connectivity index (χ2v) is 2.16. The number of hydrogen-bond acceptors (Lipinski definition) is 0. The van der Waals surface area contributed by atoms with Gasteiger partial charge in [0.25, 0.3) is 0 Å². The van der Waals surface area contributed by atoms with Crippen molar-refractivity contribution in [2.75, 3.05) is 0 Å². The van der Waals surface area contributed by atoms with Gasteiger partial charge in [0, 0.05) is 0 Å². The van der Waals surface area contributed by atoms with Gasteiger partial charge in [-0.3, -0.25) is 0 Å². The summed E-state index contributed by atoms with van der Waals surface area (Å²) in [4.78, 5) is 0. The first kappa shape index (κ1) is 9.86. The Morgan fingerprint density at radius 2 is 1.44 bits per heavy atom. The molecule has 0 saturated carbocycles.